The van der Waals surface area contributed by atoms with E-state index in [9.17, 15) is 4.79 Å². The van der Waals surface area contributed by atoms with Crippen molar-refractivity contribution >= 4 is 23.2 Å². The number of amides is 1. The van der Waals surface area contributed by atoms with Crippen molar-refractivity contribution in [2.45, 2.75) is 33.7 Å². The van der Waals surface area contributed by atoms with Crippen LogP contribution in [0.3, 0.4) is 0 Å². The number of anilines is 1. The Labute approximate surface area is 102 Å². The average Bonchev–Trinajstić information content (AvgIpc) is 2.15. The zero-order valence-electron chi connectivity index (χ0n) is 10.2. The summed E-state index contributed by atoms with van der Waals surface area (Å²) < 4.78 is 0. The lowest BCUT2D eigenvalue weighted by Gasteiger charge is -2.26. The van der Waals surface area contributed by atoms with Crippen LogP contribution < -0.4 is 4.90 Å². The van der Waals surface area contributed by atoms with Gasteiger partial charge in [0.1, 0.15) is 5.88 Å². The lowest BCUT2D eigenvalue weighted by Crippen LogP contribution is -2.37. The minimum absolute atomic E-state index is 0.0190. The van der Waals surface area contributed by atoms with Crippen LogP contribution in [0.1, 0.15) is 25.0 Å². The molecule has 16 heavy (non-hydrogen) atoms. The molecular weight excluding hydrogens is 222 g/mol. The van der Waals surface area contributed by atoms with Crippen molar-refractivity contribution in [1.82, 2.24) is 0 Å². The van der Waals surface area contributed by atoms with Gasteiger partial charge in [-0.2, -0.15) is 0 Å². The van der Waals surface area contributed by atoms with Crippen molar-refractivity contribution < 1.29 is 4.79 Å². The Hall–Kier alpha value is -1.02. The molecule has 0 radical (unpaired) electrons. The molecule has 3 heteroatoms. The van der Waals surface area contributed by atoms with Crippen molar-refractivity contribution in [3.63, 3.8) is 0 Å². The van der Waals surface area contributed by atoms with E-state index in [4.69, 9.17) is 11.6 Å². The van der Waals surface area contributed by atoms with Crippen molar-refractivity contribution in [3.05, 3.63) is 29.3 Å². The molecule has 1 amide bonds. The van der Waals surface area contributed by atoms with E-state index in [1.807, 2.05) is 39.8 Å². The van der Waals surface area contributed by atoms with Crippen molar-refractivity contribution in [1.29, 1.82) is 0 Å². The average molecular weight is 240 g/mol. The third-order valence-electron chi connectivity index (χ3n) is 2.38. The summed E-state index contributed by atoms with van der Waals surface area (Å²) in [6.45, 7) is 8.03. The fraction of sp³-hybridized carbons (Fsp3) is 0.462. The van der Waals surface area contributed by atoms with E-state index in [2.05, 4.69) is 6.07 Å². The van der Waals surface area contributed by atoms with Crippen LogP contribution in [0, 0.1) is 13.8 Å². The normalized spacial score (nSPS) is 10.6. The predicted molar refractivity (Wildman–Crippen MR) is 69.3 cm³/mol. The van der Waals surface area contributed by atoms with Gasteiger partial charge in [0.05, 0.1) is 0 Å². The maximum atomic E-state index is 11.8. The number of carbonyl (C=O) groups is 1. The molecule has 2 nitrogen and oxygen atoms in total. The Morgan fingerprint density at radius 3 is 2.12 bits per heavy atom. The molecule has 0 spiro atoms. The third-order valence-corrected chi connectivity index (χ3v) is 2.61. The second kappa shape index (κ2) is 5.35. The quantitative estimate of drug-likeness (QED) is 0.742. The molecule has 0 aliphatic rings. The van der Waals surface area contributed by atoms with Gasteiger partial charge < -0.3 is 4.90 Å². The van der Waals surface area contributed by atoms with Crippen LogP contribution in [-0.2, 0) is 4.79 Å². The van der Waals surface area contributed by atoms with Gasteiger partial charge in [-0.05, 0) is 51.0 Å². The van der Waals surface area contributed by atoms with E-state index in [1.54, 1.807) is 4.90 Å². The SMILES string of the molecule is Cc1cc(C)cc(N(C(=O)CCl)C(C)C)c1. The molecule has 0 aliphatic carbocycles. The fourth-order valence-electron chi connectivity index (χ4n) is 1.88. The lowest BCUT2D eigenvalue weighted by molar-refractivity contribution is -0.116. The van der Waals surface area contributed by atoms with E-state index < -0.39 is 0 Å². The Balaban J connectivity index is 3.15. The highest BCUT2D eigenvalue weighted by Crippen LogP contribution is 2.21. The van der Waals surface area contributed by atoms with Crippen molar-refractivity contribution in [2.75, 3.05) is 10.8 Å². The number of alkyl halides is 1. The molecule has 1 aromatic carbocycles. The summed E-state index contributed by atoms with van der Waals surface area (Å²) in [6.07, 6.45) is 0. The highest BCUT2D eigenvalue weighted by Gasteiger charge is 2.18. The topological polar surface area (TPSA) is 20.3 Å². The molecular formula is C13H18ClNO. The van der Waals surface area contributed by atoms with Gasteiger partial charge in [0.2, 0.25) is 5.91 Å². The summed E-state index contributed by atoms with van der Waals surface area (Å²) in [6, 6.07) is 6.23. The van der Waals surface area contributed by atoms with Gasteiger partial charge in [-0.3, -0.25) is 4.79 Å². The van der Waals surface area contributed by atoms with Crippen LogP contribution >= 0.6 is 11.6 Å². The third kappa shape index (κ3) is 2.99. The number of hydrogen-bond donors (Lipinski definition) is 0. The van der Waals surface area contributed by atoms with Gasteiger partial charge in [0, 0.05) is 11.7 Å². The number of benzene rings is 1. The summed E-state index contributed by atoms with van der Waals surface area (Å²) in [7, 11) is 0. The summed E-state index contributed by atoms with van der Waals surface area (Å²) in [5, 5.41) is 0. The van der Waals surface area contributed by atoms with E-state index in [-0.39, 0.29) is 17.8 Å². The summed E-state index contributed by atoms with van der Waals surface area (Å²) >= 11 is 5.63. The van der Waals surface area contributed by atoms with Crippen LogP contribution in [0.25, 0.3) is 0 Å². The van der Waals surface area contributed by atoms with Crippen molar-refractivity contribution in [3.8, 4) is 0 Å². The Bertz CT molecular complexity index is 367. The molecule has 0 saturated carbocycles. The maximum Gasteiger partial charge on any atom is 0.242 e. The summed E-state index contributed by atoms with van der Waals surface area (Å²) in [5.41, 5.74) is 3.24. The van der Waals surface area contributed by atoms with Gasteiger partial charge in [0.25, 0.3) is 0 Å². The van der Waals surface area contributed by atoms with Crippen LogP contribution in [0.2, 0.25) is 0 Å². The van der Waals surface area contributed by atoms with Crippen molar-refractivity contribution in [2.24, 2.45) is 0 Å². The van der Waals surface area contributed by atoms with Gasteiger partial charge in [-0.1, -0.05) is 6.07 Å². The van der Waals surface area contributed by atoms with Crippen LogP contribution in [0.4, 0.5) is 5.69 Å². The first-order valence-electron chi connectivity index (χ1n) is 5.42. The smallest absolute Gasteiger partial charge is 0.242 e. The standard InChI is InChI=1S/C13H18ClNO/c1-9(2)15(13(16)8-14)12-6-10(3)5-11(4)7-12/h5-7,9H,8H2,1-4H3. The second-order valence-corrected chi connectivity index (χ2v) is 4.60. The lowest BCUT2D eigenvalue weighted by atomic mass is 10.1. The molecule has 0 aromatic heterocycles. The minimum atomic E-state index is -0.0540. The van der Waals surface area contributed by atoms with Crippen LogP contribution in [0.5, 0.6) is 0 Å². The highest BCUT2D eigenvalue weighted by atomic mass is 35.5. The molecule has 0 saturated heterocycles. The summed E-state index contributed by atoms with van der Waals surface area (Å²) in [4.78, 5) is 13.5. The zero-order chi connectivity index (χ0) is 12.3. The van der Waals surface area contributed by atoms with E-state index in [0.29, 0.717) is 0 Å². The number of carbonyl (C=O) groups excluding carboxylic acids is 1. The molecule has 0 bridgehead atoms. The van der Waals surface area contributed by atoms with Gasteiger partial charge >= 0.3 is 0 Å². The largest absolute Gasteiger partial charge is 0.309 e. The molecule has 0 aliphatic heterocycles. The molecule has 88 valence electrons. The molecule has 0 fully saturated rings. The number of halogens is 1. The maximum absolute atomic E-state index is 11.8. The Morgan fingerprint density at radius 1 is 1.25 bits per heavy atom. The van der Waals surface area contributed by atoms with Gasteiger partial charge in [-0.25, -0.2) is 0 Å². The number of rotatable bonds is 3. The highest BCUT2D eigenvalue weighted by molar-refractivity contribution is 6.29. The second-order valence-electron chi connectivity index (χ2n) is 4.34. The zero-order valence-corrected chi connectivity index (χ0v) is 11.0. The summed E-state index contributed by atoms with van der Waals surface area (Å²) in [5.74, 6) is -0.0350. The Morgan fingerprint density at radius 2 is 1.75 bits per heavy atom. The van der Waals surface area contributed by atoms with Crippen LogP contribution in [-0.4, -0.2) is 17.8 Å². The van der Waals surface area contributed by atoms with Gasteiger partial charge in [-0.15, -0.1) is 11.6 Å². The number of nitrogens with zero attached hydrogens (tertiary/aromatic N) is 1. The fourth-order valence-corrected chi connectivity index (χ4v) is 2.01. The monoisotopic (exact) mass is 239 g/mol. The van der Waals surface area contributed by atoms with E-state index >= 15 is 0 Å². The first-order valence-corrected chi connectivity index (χ1v) is 5.95. The van der Waals surface area contributed by atoms with Crippen LogP contribution in [0.15, 0.2) is 18.2 Å². The molecule has 0 atom stereocenters. The first-order chi connectivity index (χ1) is 7.45. The predicted octanol–water partition coefficient (Wildman–Crippen LogP) is 3.28. The first kappa shape index (κ1) is 13.0. The number of aryl methyl sites for hydroxylation is 2. The molecule has 0 N–H and O–H groups in total. The van der Waals surface area contributed by atoms with E-state index in [0.717, 1.165) is 16.8 Å². The van der Waals surface area contributed by atoms with Gasteiger partial charge in [0.15, 0.2) is 0 Å². The molecule has 1 aromatic rings. The Kier molecular flexibility index (Phi) is 4.36. The van der Waals surface area contributed by atoms with E-state index in [1.165, 1.54) is 0 Å². The molecule has 0 heterocycles. The number of hydrogen-bond acceptors (Lipinski definition) is 1. The molecule has 1 rings (SSSR count). The minimum Gasteiger partial charge on any atom is -0.309 e. The molecule has 0 unspecified atom stereocenters.